The normalized spacial score (nSPS) is 16.7. The largest absolute Gasteiger partial charge is 0.379 e. The van der Waals surface area contributed by atoms with Crippen molar-refractivity contribution in [2.45, 2.75) is 147 Å². The highest BCUT2D eigenvalue weighted by Gasteiger charge is 2.27. The predicted octanol–water partition coefficient (Wildman–Crippen LogP) is 11.0. The Morgan fingerprint density at radius 3 is 1.04 bits per heavy atom. The molecule has 20 heteroatoms. The first-order valence-corrected chi connectivity index (χ1v) is 38.3. The predicted molar refractivity (Wildman–Crippen MR) is 424 cm³/mol. The summed E-state index contributed by atoms with van der Waals surface area (Å²) in [7, 11) is 0. The molecule has 9 aromatic rings. The van der Waals surface area contributed by atoms with Crippen molar-refractivity contribution in [1.29, 1.82) is 0 Å². The second-order valence-corrected chi connectivity index (χ2v) is 29.4. The Hall–Kier alpha value is -8.18. The first-order valence-electron chi connectivity index (χ1n) is 38.3. The lowest BCUT2D eigenvalue weighted by Gasteiger charge is -2.31. The van der Waals surface area contributed by atoms with Crippen LogP contribution in [0.25, 0.3) is 43.6 Å². The minimum absolute atomic E-state index is 0.00794. The van der Waals surface area contributed by atoms with Crippen LogP contribution in [0.1, 0.15) is 95.1 Å². The van der Waals surface area contributed by atoms with E-state index in [2.05, 4.69) is 212 Å². The molecular weight excluding hydrogens is 1320 g/mol. The van der Waals surface area contributed by atoms with Crippen molar-refractivity contribution >= 4 is 67.2 Å². The van der Waals surface area contributed by atoms with Crippen LogP contribution in [0.3, 0.4) is 0 Å². The topological polar surface area (TPSA) is 186 Å². The summed E-state index contributed by atoms with van der Waals surface area (Å²) in [5, 5.41) is 18.1. The standard InChI is InChI=1S/C24H29N3O2.C21H31N3O2.2C20H29N3O2/c1-18-19(2)27(23-11-7-6-10-22(18)23)17-21(16-26-12-14-29-15-13-26)25-24(28)20-8-4-3-5-9-20;1-15(2)21(25)22-18(13-23-9-11-26-12-10-23)14-24-17(4)16(3)19-7-5-6-8-20(19)24;1-14-5-6-20-19(11-14)15(2)16(3)23(20)13-18(21-17(4)24)12-22-7-9-25-10-8-22;1-4-20(24)21-17(13-22-9-11-25-12-10-22)14-23-16(3)15(2)18-7-5-6-8-19(18)23/h3-11,21H,12-17H2,1-2H3,(H,25,28);5-8,15,18H,9-14H2,1-4H3,(H,22,25);5-6,11,18H,7-10,12-13H2,1-4H3,(H,21,24);5-8,17H,4,9-14H2,1-3H3,(H,21,24). The van der Waals surface area contributed by atoms with Crippen LogP contribution in [0.2, 0.25) is 0 Å². The van der Waals surface area contributed by atoms with Crippen LogP contribution in [-0.4, -0.2) is 217 Å². The number of nitrogens with zero attached hydrogens (tertiary/aromatic N) is 8. The van der Waals surface area contributed by atoms with Gasteiger partial charge in [-0.2, -0.15) is 0 Å². The first kappa shape index (κ1) is 79.4. The molecule has 0 spiro atoms. The number of hydrogen-bond acceptors (Lipinski definition) is 12. The lowest BCUT2D eigenvalue weighted by molar-refractivity contribution is -0.125. The third kappa shape index (κ3) is 21.1. The van der Waals surface area contributed by atoms with Gasteiger partial charge in [0.1, 0.15) is 0 Å². The van der Waals surface area contributed by atoms with Crippen LogP contribution in [0.4, 0.5) is 0 Å². The van der Waals surface area contributed by atoms with Gasteiger partial charge in [-0.1, -0.05) is 105 Å². The highest BCUT2D eigenvalue weighted by atomic mass is 16.5. The highest BCUT2D eigenvalue weighted by Crippen LogP contribution is 2.30. The molecular formula is C85H118N12O8. The average Bonchev–Trinajstić information content (AvgIpc) is 1.65. The van der Waals surface area contributed by atoms with Gasteiger partial charge in [0, 0.05) is 196 Å². The number of aromatic nitrogens is 4. The number of amides is 4. The number of benzene rings is 5. The van der Waals surface area contributed by atoms with Crippen LogP contribution in [-0.2, 0) is 59.5 Å². The first-order chi connectivity index (χ1) is 50.6. The Kier molecular flexibility index (Phi) is 29.0. The Bertz CT molecular complexity index is 4320. The summed E-state index contributed by atoms with van der Waals surface area (Å²) in [6, 6.07) is 41.9. The lowest BCUT2D eigenvalue weighted by Crippen LogP contribution is -2.49. The third-order valence-electron chi connectivity index (χ3n) is 21.7. The van der Waals surface area contributed by atoms with Crippen molar-refractivity contribution in [1.82, 2.24) is 59.1 Å². The van der Waals surface area contributed by atoms with Gasteiger partial charge >= 0.3 is 0 Å². The van der Waals surface area contributed by atoms with Crippen molar-refractivity contribution < 1.29 is 38.1 Å². The molecule has 4 N–H and O–H groups in total. The number of rotatable bonds is 23. The van der Waals surface area contributed by atoms with Crippen molar-refractivity contribution in [3.63, 3.8) is 0 Å². The van der Waals surface area contributed by atoms with E-state index in [1.807, 2.05) is 51.1 Å². The zero-order valence-corrected chi connectivity index (χ0v) is 65.0. The maximum Gasteiger partial charge on any atom is 0.251 e. The van der Waals surface area contributed by atoms with Crippen LogP contribution in [0, 0.1) is 68.2 Å². The Morgan fingerprint density at radius 2 is 0.686 bits per heavy atom. The fourth-order valence-corrected chi connectivity index (χ4v) is 15.2. The summed E-state index contributed by atoms with van der Waals surface area (Å²) < 4.78 is 31.3. The Balaban J connectivity index is 0.000000150. The molecule has 4 atom stereocenters. The van der Waals surface area contributed by atoms with E-state index in [4.69, 9.17) is 18.9 Å². The molecule has 5 aromatic carbocycles. The van der Waals surface area contributed by atoms with Crippen LogP contribution in [0.5, 0.6) is 0 Å². The quantitative estimate of drug-likeness (QED) is 0.0476. The van der Waals surface area contributed by atoms with E-state index in [-0.39, 0.29) is 53.7 Å². The third-order valence-corrected chi connectivity index (χ3v) is 21.7. The number of carbonyl (C=O) groups excluding carboxylic acids is 4. The summed E-state index contributed by atoms with van der Waals surface area (Å²) in [5.74, 6) is 0.235. The van der Waals surface area contributed by atoms with Crippen molar-refractivity contribution in [2.24, 2.45) is 5.92 Å². The van der Waals surface area contributed by atoms with Crippen LogP contribution >= 0.6 is 0 Å². The van der Waals surface area contributed by atoms with Gasteiger partial charge in [-0.25, -0.2) is 0 Å². The Labute approximate surface area is 623 Å². The molecule has 4 unspecified atom stereocenters. The molecule has 4 aromatic heterocycles. The number of nitrogens with one attached hydrogen (secondary N) is 4. The summed E-state index contributed by atoms with van der Waals surface area (Å²) in [5.41, 5.74) is 17.3. The minimum atomic E-state index is -0.0188. The number of para-hydroxylation sites is 3. The molecule has 0 saturated carbocycles. The molecule has 0 bridgehead atoms. The summed E-state index contributed by atoms with van der Waals surface area (Å²) >= 11 is 0. The van der Waals surface area contributed by atoms with Gasteiger partial charge < -0.3 is 58.5 Å². The molecule has 105 heavy (non-hydrogen) atoms. The number of ether oxygens (including phenoxy) is 4. The van der Waals surface area contributed by atoms with Gasteiger partial charge in [0.2, 0.25) is 17.7 Å². The molecule has 0 aliphatic carbocycles. The fourth-order valence-electron chi connectivity index (χ4n) is 15.2. The van der Waals surface area contributed by atoms with E-state index in [9.17, 15) is 19.2 Å². The van der Waals surface area contributed by atoms with Gasteiger partial charge in [-0.05, 0) is 127 Å². The summed E-state index contributed by atoms with van der Waals surface area (Å²) in [4.78, 5) is 58.6. The van der Waals surface area contributed by atoms with Gasteiger partial charge in [0.15, 0.2) is 0 Å². The van der Waals surface area contributed by atoms with Gasteiger partial charge in [0.25, 0.3) is 5.91 Å². The zero-order valence-electron chi connectivity index (χ0n) is 65.0. The second kappa shape index (κ2) is 38.4. The minimum Gasteiger partial charge on any atom is -0.379 e. The second-order valence-electron chi connectivity index (χ2n) is 29.4. The van der Waals surface area contributed by atoms with Gasteiger partial charge in [0.05, 0.1) is 77.0 Å². The highest BCUT2D eigenvalue weighted by molar-refractivity contribution is 5.94. The molecule has 8 heterocycles. The molecule has 20 nitrogen and oxygen atoms in total. The maximum atomic E-state index is 12.9. The van der Waals surface area contributed by atoms with E-state index >= 15 is 0 Å². The molecule has 13 rings (SSSR count). The summed E-state index contributed by atoms with van der Waals surface area (Å²) in [6.07, 6.45) is 0.518. The SMILES string of the molecule is CC(=O)NC(CN1CCOCC1)Cn1c(C)c(C)c2cc(C)ccc21.CCC(=O)NC(CN1CCOCC1)Cn1c(C)c(C)c2ccccc21.Cc1c(C)n(CC(CN2CCOCC2)NC(=O)C(C)C)c2ccccc12.Cc1c(C)n(CC(CN2CCOCC2)NC(=O)c2ccccc2)c2ccccc12. The molecule has 4 saturated heterocycles. The van der Waals surface area contributed by atoms with Crippen LogP contribution < -0.4 is 21.3 Å². The van der Waals surface area contributed by atoms with Gasteiger partial charge in [-0.3, -0.25) is 38.8 Å². The molecule has 4 fully saturated rings. The number of hydrogen-bond donors (Lipinski definition) is 4. The van der Waals surface area contributed by atoms with Crippen LogP contribution in [0.15, 0.2) is 121 Å². The fraction of sp³-hybridized carbons (Fsp3) is 0.506. The molecule has 566 valence electrons. The van der Waals surface area contributed by atoms with E-state index in [1.165, 1.54) is 94.2 Å². The van der Waals surface area contributed by atoms with E-state index in [0.29, 0.717) is 12.0 Å². The number of morpholine rings is 4. The smallest absolute Gasteiger partial charge is 0.251 e. The number of aryl methyl sites for hydroxylation is 5. The number of carbonyl (C=O) groups is 4. The monoisotopic (exact) mass is 1430 g/mol. The van der Waals surface area contributed by atoms with E-state index in [1.54, 1.807) is 6.92 Å². The average molecular weight is 1440 g/mol. The molecule has 4 amide bonds. The molecule has 0 radical (unpaired) electrons. The number of fused-ring (bicyclic) bond motifs is 4. The molecule has 4 aliphatic rings. The maximum absolute atomic E-state index is 12.9. The van der Waals surface area contributed by atoms with E-state index < -0.39 is 0 Å². The van der Waals surface area contributed by atoms with Crippen molar-refractivity contribution in [2.75, 3.05) is 131 Å². The van der Waals surface area contributed by atoms with Gasteiger partial charge in [-0.15, -0.1) is 0 Å². The molecule has 4 aliphatic heterocycles. The van der Waals surface area contributed by atoms with Crippen molar-refractivity contribution in [3.8, 4) is 0 Å². The van der Waals surface area contributed by atoms with E-state index in [0.717, 1.165) is 158 Å². The Morgan fingerprint density at radius 1 is 0.371 bits per heavy atom. The zero-order chi connectivity index (χ0) is 74.7. The summed E-state index contributed by atoms with van der Waals surface area (Å²) in [6.45, 7) is 47.0. The lowest BCUT2D eigenvalue weighted by atomic mass is 10.1. The van der Waals surface area contributed by atoms with Crippen molar-refractivity contribution in [3.05, 3.63) is 177 Å².